The average molecular weight is 425 g/mol. The Balaban J connectivity index is 1.13. The van der Waals surface area contributed by atoms with Gasteiger partial charge in [-0.2, -0.15) is 4.98 Å². The van der Waals surface area contributed by atoms with E-state index in [4.69, 9.17) is 5.73 Å². The molecule has 2 heterocycles. The fourth-order valence-electron chi connectivity index (χ4n) is 3.91. The molecule has 0 radical (unpaired) electrons. The molecule has 0 fully saturated rings. The first-order valence-corrected chi connectivity index (χ1v) is 11.7. The van der Waals surface area contributed by atoms with Crippen LogP contribution < -0.4 is 16.6 Å². The van der Waals surface area contributed by atoms with E-state index >= 15 is 0 Å². The number of hydrogen-bond acceptors (Lipinski definition) is 5. The zero-order valence-electron chi connectivity index (χ0n) is 18.5. The lowest BCUT2D eigenvalue weighted by Crippen LogP contribution is -2.14. The van der Waals surface area contributed by atoms with Crippen LogP contribution >= 0.6 is 0 Å². The number of imidazole rings is 1. The molecule has 0 aliphatic carbocycles. The third-order valence-corrected chi connectivity index (χ3v) is 5.67. The summed E-state index contributed by atoms with van der Waals surface area (Å²) >= 11 is 0. The molecule has 1 aromatic carbocycles. The van der Waals surface area contributed by atoms with Gasteiger partial charge in [-0.25, -0.2) is 4.98 Å². The van der Waals surface area contributed by atoms with Crippen molar-refractivity contribution in [3.05, 3.63) is 52.6 Å². The number of aryl methyl sites for hydroxylation is 1. The van der Waals surface area contributed by atoms with Crippen LogP contribution in [0, 0.1) is 0 Å². The Morgan fingerprint density at radius 3 is 2.26 bits per heavy atom. The third kappa shape index (κ3) is 7.83. The van der Waals surface area contributed by atoms with E-state index in [2.05, 4.69) is 50.6 Å². The number of fused-ring (bicyclic) bond motifs is 1. The molecule has 0 spiro atoms. The molecule has 4 N–H and O–H groups in total. The summed E-state index contributed by atoms with van der Waals surface area (Å²) in [6.45, 7) is 2.91. The second-order valence-corrected chi connectivity index (χ2v) is 8.26. The van der Waals surface area contributed by atoms with Crippen LogP contribution in [0.5, 0.6) is 0 Å². The van der Waals surface area contributed by atoms with Gasteiger partial charge in [-0.1, -0.05) is 81.7 Å². The smallest absolute Gasteiger partial charge is 0.280 e. The Kier molecular flexibility index (Phi) is 9.57. The first kappa shape index (κ1) is 23.0. The van der Waals surface area contributed by atoms with Gasteiger partial charge in [0.15, 0.2) is 11.2 Å². The summed E-state index contributed by atoms with van der Waals surface area (Å²) in [6.07, 6.45) is 14.4. The zero-order valence-corrected chi connectivity index (χ0v) is 18.5. The van der Waals surface area contributed by atoms with Crippen LogP contribution in [-0.2, 0) is 13.1 Å². The van der Waals surface area contributed by atoms with Gasteiger partial charge in [0.2, 0.25) is 5.95 Å². The lowest BCUT2D eigenvalue weighted by atomic mass is 10.1. The van der Waals surface area contributed by atoms with E-state index < -0.39 is 0 Å². The van der Waals surface area contributed by atoms with Crippen molar-refractivity contribution in [3.8, 4) is 0 Å². The fraction of sp³-hybridized carbons (Fsp3) is 0.542. The standard InChI is InChI=1S/C24H36N6O/c25-24-28-22-21(23(31)29-24)27-19-30(22)17-13-8-6-4-2-1-3-5-7-12-16-26-18-20-14-10-9-11-15-20/h9-11,14-15,19,26H,1-8,12-13,16-18H2,(H3,25,28,29,31). The molecule has 7 heteroatoms. The van der Waals surface area contributed by atoms with Crippen LogP contribution in [0.4, 0.5) is 5.95 Å². The van der Waals surface area contributed by atoms with E-state index in [0.717, 1.165) is 26.1 Å². The highest BCUT2D eigenvalue weighted by Gasteiger charge is 2.08. The number of benzene rings is 1. The SMILES string of the molecule is Nc1nc2c(ncn2CCCCCCCCCCCCNCc2ccccc2)c(=O)[nH]1. The number of nitrogens with one attached hydrogen (secondary N) is 2. The second kappa shape index (κ2) is 12.9. The number of unbranched alkanes of at least 4 members (excludes halogenated alkanes) is 9. The van der Waals surface area contributed by atoms with Crippen LogP contribution in [0.2, 0.25) is 0 Å². The predicted octanol–water partition coefficient (Wildman–Crippen LogP) is 4.39. The first-order valence-electron chi connectivity index (χ1n) is 11.7. The molecule has 0 aliphatic rings. The topological polar surface area (TPSA) is 102 Å². The van der Waals surface area contributed by atoms with Crippen LogP contribution in [0.3, 0.4) is 0 Å². The van der Waals surface area contributed by atoms with Gasteiger partial charge < -0.3 is 15.6 Å². The van der Waals surface area contributed by atoms with Crippen LogP contribution in [0.1, 0.15) is 69.8 Å². The van der Waals surface area contributed by atoms with Gasteiger partial charge in [-0.3, -0.25) is 9.78 Å². The highest BCUT2D eigenvalue weighted by atomic mass is 16.1. The van der Waals surface area contributed by atoms with Crippen molar-refractivity contribution in [3.63, 3.8) is 0 Å². The molecule has 31 heavy (non-hydrogen) atoms. The zero-order chi connectivity index (χ0) is 21.7. The molecule has 3 rings (SSSR count). The summed E-state index contributed by atoms with van der Waals surface area (Å²) in [7, 11) is 0. The minimum atomic E-state index is -0.273. The quantitative estimate of drug-likeness (QED) is 0.314. The molecule has 2 aromatic heterocycles. The van der Waals surface area contributed by atoms with Crippen molar-refractivity contribution in [1.29, 1.82) is 0 Å². The fourth-order valence-corrected chi connectivity index (χ4v) is 3.91. The summed E-state index contributed by atoms with van der Waals surface area (Å²) < 4.78 is 1.93. The van der Waals surface area contributed by atoms with Gasteiger partial charge in [0, 0.05) is 13.1 Å². The van der Waals surface area contributed by atoms with Gasteiger partial charge in [-0.05, 0) is 24.9 Å². The van der Waals surface area contributed by atoms with E-state index in [1.165, 1.54) is 63.4 Å². The number of nitrogen functional groups attached to an aromatic ring is 1. The van der Waals surface area contributed by atoms with Crippen molar-refractivity contribution in [2.45, 2.75) is 77.3 Å². The normalized spacial score (nSPS) is 11.4. The lowest BCUT2D eigenvalue weighted by Gasteiger charge is -2.06. The molecular formula is C24H36N6O. The summed E-state index contributed by atoms with van der Waals surface area (Å²) in [4.78, 5) is 22.6. The van der Waals surface area contributed by atoms with Crippen molar-refractivity contribution < 1.29 is 0 Å². The van der Waals surface area contributed by atoms with Gasteiger partial charge in [0.05, 0.1) is 6.33 Å². The van der Waals surface area contributed by atoms with Crippen molar-refractivity contribution in [2.75, 3.05) is 12.3 Å². The van der Waals surface area contributed by atoms with Crippen molar-refractivity contribution in [1.82, 2.24) is 24.8 Å². The molecule has 0 unspecified atom stereocenters. The maximum atomic E-state index is 11.8. The highest BCUT2D eigenvalue weighted by molar-refractivity contribution is 5.70. The predicted molar refractivity (Wildman–Crippen MR) is 127 cm³/mol. The number of nitrogens with two attached hydrogens (primary N) is 1. The molecule has 0 aliphatic heterocycles. The molecular weight excluding hydrogens is 388 g/mol. The molecule has 0 saturated heterocycles. The van der Waals surface area contributed by atoms with Crippen LogP contribution in [0.15, 0.2) is 41.5 Å². The van der Waals surface area contributed by atoms with E-state index in [-0.39, 0.29) is 11.5 Å². The number of hydrogen-bond donors (Lipinski definition) is 3. The largest absolute Gasteiger partial charge is 0.369 e. The first-order chi connectivity index (χ1) is 15.2. The Hall–Kier alpha value is -2.67. The van der Waals surface area contributed by atoms with Gasteiger partial charge in [0.25, 0.3) is 5.56 Å². The Labute approximate surface area is 184 Å². The summed E-state index contributed by atoms with van der Waals surface area (Å²) in [6, 6.07) is 10.6. The number of nitrogens with zero attached hydrogens (tertiary/aromatic N) is 3. The molecule has 7 nitrogen and oxygen atoms in total. The monoisotopic (exact) mass is 424 g/mol. The molecule has 3 aromatic rings. The molecule has 0 amide bonds. The van der Waals surface area contributed by atoms with E-state index in [1.807, 2.05) is 4.57 Å². The number of H-pyrrole nitrogens is 1. The minimum absolute atomic E-state index is 0.141. The maximum absolute atomic E-state index is 11.8. The number of aromatic amines is 1. The third-order valence-electron chi connectivity index (χ3n) is 5.67. The Morgan fingerprint density at radius 1 is 0.903 bits per heavy atom. The van der Waals surface area contributed by atoms with Crippen LogP contribution in [-0.4, -0.2) is 26.1 Å². The molecule has 0 atom stereocenters. The van der Waals surface area contributed by atoms with E-state index in [9.17, 15) is 4.79 Å². The van der Waals surface area contributed by atoms with E-state index in [0.29, 0.717) is 11.2 Å². The molecule has 0 saturated carbocycles. The second-order valence-electron chi connectivity index (χ2n) is 8.26. The number of aromatic nitrogens is 4. The van der Waals surface area contributed by atoms with Crippen LogP contribution in [0.25, 0.3) is 11.2 Å². The Bertz CT molecular complexity index is 950. The minimum Gasteiger partial charge on any atom is -0.369 e. The van der Waals surface area contributed by atoms with Gasteiger partial charge >= 0.3 is 0 Å². The van der Waals surface area contributed by atoms with Crippen molar-refractivity contribution >= 4 is 17.1 Å². The van der Waals surface area contributed by atoms with Gasteiger partial charge in [-0.15, -0.1) is 0 Å². The summed E-state index contributed by atoms with van der Waals surface area (Å²) in [5.74, 6) is 0.141. The number of rotatable bonds is 15. The molecule has 0 bridgehead atoms. The highest BCUT2D eigenvalue weighted by Crippen LogP contribution is 2.12. The molecule has 168 valence electrons. The summed E-state index contributed by atoms with van der Waals surface area (Å²) in [5, 5.41) is 3.52. The maximum Gasteiger partial charge on any atom is 0.280 e. The summed E-state index contributed by atoms with van der Waals surface area (Å²) in [5.41, 5.74) is 7.67. The van der Waals surface area contributed by atoms with E-state index in [1.54, 1.807) is 6.33 Å². The van der Waals surface area contributed by atoms with Gasteiger partial charge in [0.1, 0.15) is 0 Å². The number of anilines is 1. The van der Waals surface area contributed by atoms with Crippen molar-refractivity contribution in [2.24, 2.45) is 0 Å². The Morgan fingerprint density at radius 2 is 1.55 bits per heavy atom. The lowest BCUT2D eigenvalue weighted by molar-refractivity contribution is 0.528. The average Bonchev–Trinajstić information content (AvgIpc) is 3.17.